The Morgan fingerprint density at radius 3 is 2.53 bits per heavy atom. The van der Waals surface area contributed by atoms with E-state index in [1.807, 2.05) is 18.2 Å². The fraction of sp³-hybridized carbons (Fsp3) is 0.571. The predicted molar refractivity (Wildman–Crippen MR) is 76.2 cm³/mol. The van der Waals surface area contributed by atoms with Crippen molar-refractivity contribution in [1.29, 1.82) is 0 Å². The molecule has 0 fully saturated rings. The van der Waals surface area contributed by atoms with E-state index in [9.17, 15) is 0 Å². The van der Waals surface area contributed by atoms with Gasteiger partial charge in [-0.25, -0.2) is 0 Å². The van der Waals surface area contributed by atoms with Crippen molar-refractivity contribution in [3.8, 4) is 0 Å². The molecule has 2 nitrogen and oxygen atoms in total. The van der Waals surface area contributed by atoms with Gasteiger partial charge in [0, 0.05) is 13.1 Å². The van der Waals surface area contributed by atoms with Gasteiger partial charge >= 0.3 is 0 Å². The fourth-order valence-corrected chi connectivity index (χ4v) is 1.55. The van der Waals surface area contributed by atoms with Gasteiger partial charge in [0.15, 0.2) is 0 Å². The monoisotopic (exact) mass is 254 g/mol. The minimum atomic E-state index is 0.304. The second kappa shape index (κ2) is 5.74. The third kappa shape index (κ3) is 4.21. The Hall–Kier alpha value is -0.730. The van der Waals surface area contributed by atoms with Crippen molar-refractivity contribution in [3.05, 3.63) is 28.8 Å². The van der Waals surface area contributed by atoms with Crippen molar-refractivity contribution in [1.82, 2.24) is 5.32 Å². The van der Waals surface area contributed by atoms with Crippen LogP contribution in [0.1, 0.15) is 33.3 Å². The molecule has 1 rings (SSSR count). The van der Waals surface area contributed by atoms with Gasteiger partial charge in [0.25, 0.3) is 0 Å². The Bertz CT molecular complexity index is 372. The van der Waals surface area contributed by atoms with Crippen LogP contribution in [0.2, 0.25) is 5.02 Å². The Labute approximate surface area is 110 Å². The minimum absolute atomic E-state index is 0.304. The molecule has 0 saturated carbocycles. The summed E-state index contributed by atoms with van der Waals surface area (Å²) in [5.41, 5.74) is 7.89. The highest BCUT2D eigenvalue weighted by Gasteiger charge is 2.21. The third-order valence-corrected chi connectivity index (χ3v) is 3.88. The lowest BCUT2D eigenvalue weighted by Crippen LogP contribution is -2.33. The summed E-state index contributed by atoms with van der Waals surface area (Å²) >= 11 is 5.88. The first-order valence-electron chi connectivity index (χ1n) is 6.07. The highest BCUT2D eigenvalue weighted by atomic mass is 35.5. The van der Waals surface area contributed by atoms with Gasteiger partial charge in [0.05, 0.1) is 10.7 Å². The molecule has 1 aromatic carbocycles. The van der Waals surface area contributed by atoms with Gasteiger partial charge in [-0.1, -0.05) is 45.4 Å². The van der Waals surface area contributed by atoms with E-state index in [1.54, 1.807) is 0 Å². The molecule has 0 spiro atoms. The highest BCUT2D eigenvalue weighted by Crippen LogP contribution is 2.25. The molecular weight excluding hydrogens is 232 g/mol. The zero-order chi connectivity index (χ0) is 13.1. The van der Waals surface area contributed by atoms with Gasteiger partial charge in [0.2, 0.25) is 0 Å². The van der Waals surface area contributed by atoms with Crippen molar-refractivity contribution in [3.63, 3.8) is 0 Å². The second-order valence-electron chi connectivity index (χ2n) is 5.60. The lowest BCUT2D eigenvalue weighted by Gasteiger charge is -2.29. The van der Waals surface area contributed by atoms with Gasteiger partial charge in [0.1, 0.15) is 0 Å². The lowest BCUT2D eigenvalue weighted by molar-refractivity contribution is 0.238. The molecule has 17 heavy (non-hydrogen) atoms. The first kappa shape index (κ1) is 14.3. The van der Waals surface area contributed by atoms with Gasteiger partial charge in [-0.2, -0.15) is 0 Å². The van der Waals surface area contributed by atoms with Crippen LogP contribution in [0.3, 0.4) is 0 Å². The Morgan fingerprint density at radius 2 is 2.00 bits per heavy atom. The molecule has 0 heterocycles. The number of rotatable bonds is 5. The number of nitrogens with two attached hydrogens (primary N) is 1. The number of halogens is 1. The third-order valence-electron chi connectivity index (χ3n) is 3.53. The lowest BCUT2D eigenvalue weighted by atomic mass is 9.81. The summed E-state index contributed by atoms with van der Waals surface area (Å²) in [7, 11) is 0. The van der Waals surface area contributed by atoms with Gasteiger partial charge in [-0.05, 0) is 29.0 Å². The maximum atomic E-state index is 5.88. The number of hydrogen-bond donors (Lipinski definition) is 2. The topological polar surface area (TPSA) is 38.0 Å². The van der Waals surface area contributed by atoms with E-state index in [4.69, 9.17) is 17.3 Å². The highest BCUT2D eigenvalue weighted by molar-refractivity contribution is 6.33. The van der Waals surface area contributed by atoms with Crippen molar-refractivity contribution < 1.29 is 0 Å². The van der Waals surface area contributed by atoms with Crippen LogP contribution >= 0.6 is 11.6 Å². The van der Waals surface area contributed by atoms with Gasteiger partial charge in [-0.15, -0.1) is 0 Å². The van der Waals surface area contributed by atoms with Crippen LogP contribution in [-0.4, -0.2) is 6.54 Å². The van der Waals surface area contributed by atoms with Crippen molar-refractivity contribution in [2.45, 2.75) is 34.2 Å². The zero-order valence-corrected chi connectivity index (χ0v) is 11.9. The van der Waals surface area contributed by atoms with E-state index >= 15 is 0 Å². The molecule has 3 heteroatoms. The van der Waals surface area contributed by atoms with Crippen LogP contribution in [0.4, 0.5) is 5.69 Å². The van der Waals surface area contributed by atoms with Crippen LogP contribution in [0.25, 0.3) is 0 Å². The molecule has 0 radical (unpaired) electrons. The molecule has 0 unspecified atom stereocenters. The first-order valence-corrected chi connectivity index (χ1v) is 6.45. The van der Waals surface area contributed by atoms with Gasteiger partial charge < -0.3 is 11.1 Å². The molecule has 0 saturated heterocycles. The summed E-state index contributed by atoms with van der Waals surface area (Å²) in [4.78, 5) is 0. The quantitative estimate of drug-likeness (QED) is 0.787. The fourth-order valence-electron chi connectivity index (χ4n) is 1.44. The number of nitrogens with one attached hydrogen (secondary N) is 1. The summed E-state index contributed by atoms with van der Waals surface area (Å²) in [5.74, 6) is 0.658. The molecule has 0 bridgehead atoms. The molecule has 0 atom stereocenters. The predicted octanol–water partition coefficient (Wildman–Crippen LogP) is 3.69. The molecule has 1 aromatic rings. The van der Waals surface area contributed by atoms with E-state index in [0.29, 0.717) is 22.0 Å². The second-order valence-corrected chi connectivity index (χ2v) is 6.01. The number of benzene rings is 1. The summed E-state index contributed by atoms with van der Waals surface area (Å²) in [6.45, 7) is 10.9. The summed E-state index contributed by atoms with van der Waals surface area (Å²) in [5, 5.41) is 4.09. The number of hydrogen-bond acceptors (Lipinski definition) is 2. The standard InChI is InChI=1S/C14H23ClN2/c1-10(2)14(3,4)9-17-8-11-5-6-12(15)13(16)7-11/h5-7,10,17H,8-9,16H2,1-4H3. The molecule has 96 valence electrons. The minimum Gasteiger partial charge on any atom is -0.398 e. The van der Waals surface area contributed by atoms with Crippen molar-refractivity contribution >= 4 is 17.3 Å². The SMILES string of the molecule is CC(C)C(C)(C)CNCc1ccc(Cl)c(N)c1. The summed E-state index contributed by atoms with van der Waals surface area (Å²) in [6.07, 6.45) is 0. The Balaban J connectivity index is 2.49. The number of anilines is 1. The Morgan fingerprint density at radius 1 is 1.35 bits per heavy atom. The maximum Gasteiger partial charge on any atom is 0.0635 e. The molecule has 0 aromatic heterocycles. The van der Waals surface area contributed by atoms with E-state index in [0.717, 1.165) is 13.1 Å². The first-order chi connectivity index (χ1) is 7.83. The van der Waals surface area contributed by atoms with Crippen LogP contribution in [-0.2, 0) is 6.54 Å². The van der Waals surface area contributed by atoms with Crippen LogP contribution in [0.5, 0.6) is 0 Å². The van der Waals surface area contributed by atoms with Crippen LogP contribution < -0.4 is 11.1 Å². The average Bonchev–Trinajstić information content (AvgIpc) is 2.23. The van der Waals surface area contributed by atoms with E-state index in [2.05, 4.69) is 33.0 Å². The average molecular weight is 255 g/mol. The molecule has 0 aliphatic heterocycles. The van der Waals surface area contributed by atoms with Gasteiger partial charge in [-0.3, -0.25) is 0 Å². The Kier molecular flexibility index (Phi) is 4.84. The molecule has 0 aliphatic rings. The molecule has 0 aliphatic carbocycles. The smallest absolute Gasteiger partial charge is 0.0635 e. The summed E-state index contributed by atoms with van der Waals surface area (Å²) < 4.78 is 0. The maximum absolute atomic E-state index is 5.88. The van der Waals surface area contributed by atoms with Crippen molar-refractivity contribution in [2.24, 2.45) is 11.3 Å². The molecule has 0 amide bonds. The van der Waals surface area contributed by atoms with Crippen LogP contribution in [0, 0.1) is 11.3 Å². The molecular formula is C14H23ClN2. The van der Waals surface area contributed by atoms with E-state index in [1.165, 1.54) is 5.56 Å². The number of nitrogen functional groups attached to an aromatic ring is 1. The largest absolute Gasteiger partial charge is 0.398 e. The zero-order valence-electron chi connectivity index (χ0n) is 11.2. The van der Waals surface area contributed by atoms with E-state index < -0.39 is 0 Å². The van der Waals surface area contributed by atoms with Crippen molar-refractivity contribution in [2.75, 3.05) is 12.3 Å². The van der Waals surface area contributed by atoms with E-state index in [-0.39, 0.29) is 0 Å². The van der Waals surface area contributed by atoms with Crippen LogP contribution in [0.15, 0.2) is 18.2 Å². The molecule has 3 N–H and O–H groups in total. The summed E-state index contributed by atoms with van der Waals surface area (Å²) in [6, 6.07) is 5.78. The normalized spacial score (nSPS) is 12.1.